The van der Waals surface area contributed by atoms with Crippen LogP contribution in [-0.2, 0) is 16.6 Å². The Morgan fingerprint density at radius 1 is 1.56 bits per heavy atom. The quantitative estimate of drug-likeness (QED) is 0.829. The molecule has 0 saturated carbocycles. The third-order valence-corrected chi connectivity index (χ3v) is 4.71. The van der Waals surface area contributed by atoms with Crippen molar-refractivity contribution in [1.29, 1.82) is 0 Å². The Balaban J connectivity index is 2.03. The van der Waals surface area contributed by atoms with Gasteiger partial charge in [-0.2, -0.15) is 5.10 Å². The lowest BCUT2D eigenvalue weighted by Crippen LogP contribution is -2.43. The van der Waals surface area contributed by atoms with Gasteiger partial charge in [-0.25, -0.2) is 13.6 Å². The van der Waals surface area contributed by atoms with E-state index >= 15 is 0 Å². The van der Waals surface area contributed by atoms with Crippen molar-refractivity contribution in [3.8, 4) is 0 Å². The number of sulfonamides is 1. The van der Waals surface area contributed by atoms with Gasteiger partial charge in [0.1, 0.15) is 0 Å². The van der Waals surface area contributed by atoms with Gasteiger partial charge in [-0.1, -0.05) is 6.92 Å². The lowest BCUT2D eigenvalue weighted by Gasteiger charge is -2.29. The maximum atomic E-state index is 11.3. The molecule has 0 aromatic carbocycles. The Morgan fingerprint density at radius 3 is 2.89 bits per heavy atom. The fourth-order valence-electron chi connectivity index (χ4n) is 2.40. The third kappa shape index (κ3) is 2.90. The first kappa shape index (κ1) is 13.5. The van der Waals surface area contributed by atoms with E-state index in [1.165, 1.54) is 0 Å². The van der Waals surface area contributed by atoms with Gasteiger partial charge in [0.25, 0.3) is 0 Å². The van der Waals surface area contributed by atoms with Crippen LogP contribution >= 0.6 is 0 Å². The molecule has 3 N–H and O–H groups in total. The maximum Gasteiger partial charge on any atom is 0.213 e. The molecule has 1 aromatic heterocycles. The van der Waals surface area contributed by atoms with Gasteiger partial charge in [-0.05, 0) is 25.3 Å². The number of hydrogen-bond donors (Lipinski definition) is 2. The van der Waals surface area contributed by atoms with Crippen LogP contribution in [0.3, 0.4) is 0 Å². The predicted octanol–water partition coefficient (Wildman–Crippen LogP) is 0.375. The first-order valence-electron chi connectivity index (χ1n) is 6.29. The summed E-state index contributed by atoms with van der Waals surface area (Å²) in [4.78, 5) is 0. The van der Waals surface area contributed by atoms with Gasteiger partial charge in [-0.15, -0.1) is 0 Å². The molecular formula is C11H20N4O2S. The highest BCUT2D eigenvalue weighted by molar-refractivity contribution is 7.89. The average molecular weight is 272 g/mol. The molecule has 1 aliphatic heterocycles. The van der Waals surface area contributed by atoms with Crippen molar-refractivity contribution in [3.63, 3.8) is 0 Å². The summed E-state index contributed by atoms with van der Waals surface area (Å²) in [5.41, 5.74) is 1.13. The first-order chi connectivity index (χ1) is 8.52. The topological polar surface area (TPSA) is 90.0 Å². The van der Waals surface area contributed by atoms with Gasteiger partial charge < -0.3 is 5.32 Å². The van der Waals surface area contributed by atoms with Crippen LogP contribution in [0, 0.1) is 0 Å². The second-order valence-corrected chi connectivity index (χ2v) is 6.57. The summed E-state index contributed by atoms with van der Waals surface area (Å²) >= 11 is 0. The largest absolute Gasteiger partial charge is 0.307 e. The van der Waals surface area contributed by atoms with Gasteiger partial charge in [0.15, 0.2) is 0 Å². The van der Waals surface area contributed by atoms with E-state index in [2.05, 4.69) is 17.3 Å². The summed E-state index contributed by atoms with van der Waals surface area (Å²) in [6.45, 7) is 3.41. The van der Waals surface area contributed by atoms with E-state index in [-0.39, 0.29) is 6.04 Å². The lowest BCUT2D eigenvalue weighted by atomic mass is 10.0. The van der Waals surface area contributed by atoms with E-state index in [0.717, 1.165) is 25.1 Å². The summed E-state index contributed by atoms with van der Waals surface area (Å²) < 4.78 is 24.5. The molecule has 0 amide bonds. The van der Waals surface area contributed by atoms with E-state index in [0.29, 0.717) is 13.0 Å². The second-order valence-electron chi connectivity index (χ2n) is 4.73. The number of nitrogens with zero attached hydrogens (tertiary/aromatic N) is 2. The minimum absolute atomic E-state index is 0.178. The molecule has 7 heteroatoms. The summed E-state index contributed by atoms with van der Waals surface area (Å²) in [6, 6.07) is 2.17. The molecule has 0 bridgehead atoms. The zero-order valence-electron chi connectivity index (χ0n) is 10.5. The van der Waals surface area contributed by atoms with Crippen LogP contribution in [0.5, 0.6) is 0 Å². The van der Waals surface area contributed by atoms with Crippen LogP contribution in [0.2, 0.25) is 0 Å². The van der Waals surface area contributed by atoms with Crippen LogP contribution < -0.4 is 10.5 Å². The molecule has 18 heavy (non-hydrogen) atoms. The third-order valence-electron chi connectivity index (χ3n) is 3.38. The number of rotatable bonds is 4. The molecule has 1 saturated heterocycles. The molecule has 2 heterocycles. The number of nitrogens with two attached hydrogens (primary N) is 1. The Morgan fingerprint density at radius 2 is 2.33 bits per heavy atom. The number of nitrogens with one attached hydrogen (secondary N) is 1. The zero-order valence-corrected chi connectivity index (χ0v) is 11.4. The molecule has 1 aromatic rings. The fourth-order valence-corrected chi connectivity index (χ4v) is 3.19. The zero-order chi connectivity index (χ0) is 13.2. The number of aromatic nitrogens is 2. The standard InChI is InChI=1S/C11H20N4O2S/c1-2-7-15-11(5-6-14-15)10-4-3-9(8-13-10)18(12,16)17/h5-6,9-10,13H,2-4,7-8H2,1H3,(H2,12,16,17). The predicted molar refractivity (Wildman–Crippen MR) is 69.4 cm³/mol. The number of hydrogen-bond acceptors (Lipinski definition) is 4. The average Bonchev–Trinajstić information content (AvgIpc) is 2.77. The van der Waals surface area contributed by atoms with Gasteiger partial charge >= 0.3 is 0 Å². The molecule has 2 rings (SSSR count). The van der Waals surface area contributed by atoms with Crippen molar-refractivity contribution in [2.45, 2.75) is 44.0 Å². The smallest absolute Gasteiger partial charge is 0.213 e. The minimum Gasteiger partial charge on any atom is -0.307 e. The monoisotopic (exact) mass is 272 g/mol. The normalized spacial score (nSPS) is 25.2. The number of piperidine rings is 1. The molecule has 2 atom stereocenters. The summed E-state index contributed by atoms with van der Waals surface area (Å²) in [7, 11) is -3.42. The van der Waals surface area contributed by atoms with Crippen molar-refractivity contribution < 1.29 is 8.42 Å². The van der Waals surface area contributed by atoms with Gasteiger partial charge in [0, 0.05) is 25.3 Å². The highest BCUT2D eigenvalue weighted by Gasteiger charge is 2.29. The van der Waals surface area contributed by atoms with E-state index in [1.807, 2.05) is 10.7 Å². The molecular weight excluding hydrogens is 252 g/mol. The highest BCUT2D eigenvalue weighted by Crippen LogP contribution is 2.24. The SMILES string of the molecule is CCCn1nccc1C1CCC(S(N)(=O)=O)CN1. The maximum absolute atomic E-state index is 11.3. The van der Waals surface area contributed by atoms with Crippen molar-refractivity contribution in [2.75, 3.05) is 6.54 Å². The first-order valence-corrected chi connectivity index (χ1v) is 7.90. The molecule has 2 unspecified atom stereocenters. The molecule has 102 valence electrons. The Bertz CT molecular complexity index is 489. The second kappa shape index (κ2) is 5.38. The van der Waals surface area contributed by atoms with Crippen molar-refractivity contribution in [3.05, 3.63) is 18.0 Å². The van der Waals surface area contributed by atoms with Crippen LogP contribution in [0.15, 0.2) is 12.3 Å². The van der Waals surface area contributed by atoms with Gasteiger partial charge in [0.2, 0.25) is 10.0 Å². The van der Waals surface area contributed by atoms with Crippen LogP contribution in [0.1, 0.15) is 37.9 Å². The summed E-state index contributed by atoms with van der Waals surface area (Å²) in [5.74, 6) is 0. The Hall–Kier alpha value is -0.920. The highest BCUT2D eigenvalue weighted by atomic mass is 32.2. The van der Waals surface area contributed by atoms with Crippen LogP contribution in [0.25, 0.3) is 0 Å². The van der Waals surface area contributed by atoms with E-state index < -0.39 is 15.3 Å². The molecule has 0 radical (unpaired) electrons. The Labute approximate surface area is 108 Å². The number of aryl methyl sites for hydroxylation is 1. The molecule has 6 nitrogen and oxygen atoms in total. The van der Waals surface area contributed by atoms with E-state index in [4.69, 9.17) is 5.14 Å². The van der Waals surface area contributed by atoms with Crippen molar-refractivity contribution >= 4 is 10.0 Å². The summed E-state index contributed by atoms with van der Waals surface area (Å²) in [6.07, 6.45) is 4.20. The molecule has 1 fully saturated rings. The van der Waals surface area contributed by atoms with E-state index in [1.54, 1.807) is 6.20 Å². The summed E-state index contributed by atoms with van der Waals surface area (Å²) in [5, 5.41) is 12.2. The molecule has 1 aliphatic rings. The fraction of sp³-hybridized carbons (Fsp3) is 0.727. The van der Waals surface area contributed by atoms with Crippen LogP contribution in [0.4, 0.5) is 0 Å². The van der Waals surface area contributed by atoms with Gasteiger partial charge in [0.05, 0.1) is 10.9 Å². The number of primary sulfonamides is 1. The van der Waals surface area contributed by atoms with Gasteiger partial charge in [-0.3, -0.25) is 4.68 Å². The lowest BCUT2D eigenvalue weighted by molar-refractivity contribution is 0.383. The van der Waals surface area contributed by atoms with Crippen LogP contribution in [-0.4, -0.2) is 30.0 Å². The minimum atomic E-state index is -3.42. The van der Waals surface area contributed by atoms with E-state index in [9.17, 15) is 8.42 Å². The Kier molecular flexibility index (Phi) is 4.04. The molecule has 0 spiro atoms. The van der Waals surface area contributed by atoms with Crippen molar-refractivity contribution in [2.24, 2.45) is 5.14 Å². The van der Waals surface area contributed by atoms with Crippen molar-refractivity contribution in [1.82, 2.24) is 15.1 Å². The molecule has 0 aliphatic carbocycles.